The monoisotopic (exact) mass is 354 g/mol. The molecule has 0 saturated heterocycles. The van der Waals surface area contributed by atoms with Gasteiger partial charge in [0, 0.05) is 13.1 Å². The third-order valence-electron chi connectivity index (χ3n) is 3.32. The van der Waals surface area contributed by atoms with Gasteiger partial charge in [-0.05, 0) is 29.8 Å². The van der Waals surface area contributed by atoms with Crippen molar-refractivity contribution in [3.63, 3.8) is 0 Å². The van der Waals surface area contributed by atoms with Crippen LogP contribution in [0.25, 0.3) is 0 Å². The zero-order valence-electron chi connectivity index (χ0n) is 13.2. The van der Waals surface area contributed by atoms with Gasteiger partial charge in [0.25, 0.3) is 0 Å². The van der Waals surface area contributed by atoms with Crippen LogP contribution < -0.4 is 5.32 Å². The first-order chi connectivity index (χ1) is 11.3. The van der Waals surface area contributed by atoms with Gasteiger partial charge in [-0.15, -0.1) is 0 Å². The Morgan fingerprint density at radius 3 is 2.71 bits per heavy atom. The average molecular weight is 354 g/mol. The van der Waals surface area contributed by atoms with Crippen LogP contribution in [0.5, 0.6) is 0 Å². The number of benzene rings is 1. The van der Waals surface area contributed by atoms with Crippen molar-refractivity contribution in [1.82, 2.24) is 9.62 Å². The largest absolute Gasteiger partial charge is 0.468 e. The predicted molar refractivity (Wildman–Crippen MR) is 87.1 cm³/mol. The molecular formula is C16H19FN2O4S. The molecule has 0 saturated carbocycles. The van der Waals surface area contributed by atoms with Crippen LogP contribution in [0.3, 0.4) is 0 Å². The third-order valence-corrected chi connectivity index (χ3v) is 4.57. The van der Waals surface area contributed by atoms with Crippen molar-refractivity contribution in [2.45, 2.75) is 13.0 Å². The molecule has 0 spiro atoms. The lowest BCUT2D eigenvalue weighted by Gasteiger charge is -2.19. The number of sulfonamides is 1. The lowest BCUT2D eigenvalue weighted by molar-refractivity contribution is -0.120. The van der Waals surface area contributed by atoms with Gasteiger partial charge in [0.05, 0.1) is 25.5 Å². The summed E-state index contributed by atoms with van der Waals surface area (Å²) in [5.41, 5.74) is 0.558. The van der Waals surface area contributed by atoms with E-state index in [4.69, 9.17) is 4.42 Å². The molecule has 0 aliphatic rings. The van der Waals surface area contributed by atoms with Gasteiger partial charge in [-0.1, -0.05) is 12.1 Å². The highest BCUT2D eigenvalue weighted by Gasteiger charge is 2.18. The van der Waals surface area contributed by atoms with E-state index in [1.54, 1.807) is 18.2 Å². The van der Waals surface area contributed by atoms with Crippen LogP contribution in [0.4, 0.5) is 4.39 Å². The topological polar surface area (TPSA) is 79.6 Å². The summed E-state index contributed by atoms with van der Waals surface area (Å²) in [4.78, 5) is 11.9. The van der Waals surface area contributed by atoms with Crippen molar-refractivity contribution in [2.24, 2.45) is 0 Å². The molecule has 24 heavy (non-hydrogen) atoms. The highest BCUT2D eigenvalue weighted by molar-refractivity contribution is 7.88. The Kier molecular flexibility index (Phi) is 6.10. The molecule has 1 heterocycles. The molecule has 1 N–H and O–H groups in total. The fourth-order valence-corrected chi connectivity index (χ4v) is 2.94. The summed E-state index contributed by atoms with van der Waals surface area (Å²) in [5, 5.41) is 2.63. The Bertz CT molecular complexity index is 775. The van der Waals surface area contributed by atoms with Crippen LogP contribution in [0.2, 0.25) is 0 Å². The van der Waals surface area contributed by atoms with Gasteiger partial charge >= 0.3 is 0 Å². The van der Waals surface area contributed by atoms with Crippen molar-refractivity contribution in [3.05, 3.63) is 59.8 Å². The zero-order valence-corrected chi connectivity index (χ0v) is 14.1. The van der Waals surface area contributed by atoms with Crippen LogP contribution in [0.1, 0.15) is 11.3 Å². The van der Waals surface area contributed by atoms with E-state index in [1.165, 1.54) is 28.8 Å². The summed E-state index contributed by atoms with van der Waals surface area (Å²) >= 11 is 0. The minimum absolute atomic E-state index is 0.0365. The van der Waals surface area contributed by atoms with Crippen molar-refractivity contribution in [1.29, 1.82) is 0 Å². The maximum atomic E-state index is 13.1. The van der Waals surface area contributed by atoms with Crippen LogP contribution >= 0.6 is 0 Å². The number of amides is 1. The predicted octanol–water partition coefficient (Wildman–Crippen LogP) is 1.54. The molecule has 0 aliphatic heterocycles. The fraction of sp³-hybridized carbons (Fsp3) is 0.312. The number of furan rings is 1. The minimum atomic E-state index is -3.43. The van der Waals surface area contributed by atoms with Gasteiger partial charge in [0.15, 0.2) is 0 Å². The number of nitrogens with one attached hydrogen (secondary N) is 1. The van der Waals surface area contributed by atoms with Crippen LogP contribution in [-0.4, -0.2) is 38.0 Å². The van der Waals surface area contributed by atoms with E-state index >= 15 is 0 Å². The second-order valence-corrected chi connectivity index (χ2v) is 7.31. The number of hydrogen-bond donors (Lipinski definition) is 1. The van der Waals surface area contributed by atoms with Gasteiger partial charge in [-0.2, -0.15) is 4.31 Å². The molecule has 2 rings (SSSR count). The van der Waals surface area contributed by atoms with E-state index in [0.717, 1.165) is 6.26 Å². The van der Waals surface area contributed by atoms with Crippen LogP contribution in [-0.2, 0) is 27.8 Å². The molecule has 1 aromatic heterocycles. The maximum absolute atomic E-state index is 13.1. The number of nitrogens with zero attached hydrogens (tertiary/aromatic N) is 1. The van der Waals surface area contributed by atoms with Crippen molar-refractivity contribution in [3.8, 4) is 0 Å². The molecule has 0 fully saturated rings. The summed E-state index contributed by atoms with van der Waals surface area (Å²) < 4.78 is 43.0. The van der Waals surface area contributed by atoms with Gasteiger partial charge in [-0.3, -0.25) is 4.79 Å². The Labute approximate surface area is 140 Å². The molecule has 1 amide bonds. The number of carbonyl (C=O) groups is 1. The summed E-state index contributed by atoms with van der Waals surface area (Å²) in [6, 6.07) is 9.14. The molecule has 0 bridgehead atoms. The Balaban J connectivity index is 1.84. The summed E-state index contributed by atoms with van der Waals surface area (Å²) in [6.07, 6.45) is 2.61. The lowest BCUT2D eigenvalue weighted by atomic mass is 10.1. The molecule has 2 aromatic rings. The summed E-state index contributed by atoms with van der Waals surface area (Å²) in [7, 11) is -3.43. The molecular weight excluding hydrogens is 335 g/mol. The van der Waals surface area contributed by atoms with Gasteiger partial charge in [-0.25, -0.2) is 12.8 Å². The first kappa shape index (κ1) is 18.2. The first-order valence-corrected chi connectivity index (χ1v) is 9.18. The number of halogens is 1. The van der Waals surface area contributed by atoms with Gasteiger partial charge in [0.1, 0.15) is 11.6 Å². The molecule has 0 radical (unpaired) electrons. The molecule has 1 aromatic carbocycles. The standard InChI is InChI=1S/C16H19FN2O4S/c1-24(21,22)19(12-15-6-3-9-23-15)8-7-18-16(20)11-13-4-2-5-14(17)10-13/h2-6,9-10H,7-8,11-12H2,1H3,(H,18,20). The average Bonchev–Trinajstić information content (AvgIpc) is 2.98. The van der Waals surface area contributed by atoms with E-state index in [-0.39, 0.29) is 32.0 Å². The highest BCUT2D eigenvalue weighted by Crippen LogP contribution is 2.08. The van der Waals surface area contributed by atoms with Crippen LogP contribution in [0, 0.1) is 5.82 Å². The minimum Gasteiger partial charge on any atom is -0.468 e. The molecule has 6 nitrogen and oxygen atoms in total. The van der Waals surface area contributed by atoms with E-state index in [9.17, 15) is 17.6 Å². The Morgan fingerprint density at radius 1 is 1.29 bits per heavy atom. The van der Waals surface area contributed by atoms with E-state index in [0.29, 0.717) is 11.3 Å². The summed E-state index contributed by atoms with van der Waals surface area (Å²) in [5.74, 6) is -0.180. The molecule has 0 aliphatic carbocycles. The zero-order chi connectivity index (χ0) is 17.6. The second kappa shape index (κ2) is 8.07. The third kappa shape index (κ3) is 5.78. The molecule has 0 unspecified atom stereocenters. The van der Waals surface area contributed by atoms with Crippen molar-refractivity contribution in [2.75, 3.05) is 19.3 Å². The quantitative estimate of drug-likeness (QED) is 0.780. The van der Waals surface area contributed by atoms with Crippen LogP contribution in [0.15, 0.2) is 47.1 Å². The van der Waals surface area contributed by atoms with Gasteiger partial charge in [0.2, 0.25) is 15.9 Å². The number of hydrogen-bond acceptors (Lipinski definition) is 4. The number of carbonyl (C=O) groups excluding carboxylic acids is 1. The molecule has 130 valence electrons. The molecule has 8 heteroatoms. The van der Waals surface area contributed by atoms with E-state index in [1.807, 2.05) is 0 Å². The Morgan fingerprint density at radius 2 is 2.08 bits per heavy atom. The highest BCUT2D eigenvalue weighted by atomic mass is 32.2. The normalized spacial score (nSPS) is 11.6. The summed E-state index contributed by atoms with van der Waals surface area (Å²) in [6.45, 7) is 0.377. The SMILES string of the molecule is CS(=O)(=O)N(CCNC(=O)Cc1cccc(F)c1)Cc1ccco1. The van der Waals surface area contributed by atoms with Gasteiger partial charge < -0.3 is 9.73 Å². The van der Waals surface area contributed by atoms with Crippen molar-refractivity contribution < 1.29 is 22.0 Å². The van der Waals surface area contributed by atoms with Crippen molar-refractivity contribution >= 4 is 15.9 Å². The number of rotatable bonds is 8. The smallest absolute Gasteiger partial charge is 0.224 e. The lowest BCUT2D eigenvalue weighted by Crippen LogP contribution is -2.38. The second-order valence-electron chi connectivity index (χ2n) is 5.33. The maximum Gasteiger partial charge on any atom is 0.224 e. The first-order valence-electron chi connectivity index (χ1n) is 7.33. The van der Waals surface area contributed by atoms with E-state index in [2.05, 4.69) is 5.32 Å². The Hall–Kier alpha value is -2.19. The van der Waals surface area contributed by atoms with E-state index < -0.39 is 15.8 Å². The fourth-order valence-electron chi connectivity index (χ4n) is 2.15. The molecule has 0 atom stereocenters.